The third-order valence-electron chi connectivity index (χ3n) is 3.28. The van der Waals surface area contributed by atoms with Crippen LogP contribution in [-0.2, 0) is 6.42 Å². The van der Waals surface area contributed by atoms with Crippen molar-refractivity contribution in [1.29, 1.82) is 0 Å². The van der Waals surface area contributed by atoms with E-state index in [0.717, 1.165) is 26.1 Å². The monoisotopic (exact) mass is 269 g/mol. The fraction of sp³-hybridized carbons (Fsp3) is 0.786. The highest BCUT2D eigenvalue weighted by atomic mass is 32.1. The SMILES string of the molecule is CCCNC(CCN(CC)CC)Cc1nccs1. The summed E-state index contributed by atoms with van der Waals surface area (Å²) in [6.45, 7) is 11.3. The average molecular weight is 269 g/mol. The van der Waals surface area contributed by atoms with E-state index in [2.05, 4.69) is 41.4 Å². The van der Waals surface area contributed by atoms with Gasteiger partial charge in [-0.2, -0.15) is 0 Å². The van der Waals surface area contributed by atoms with E-state index in [-0.39, 0.29) is 0 Å². The van der Waals surface area contributed by atoms with E-state index in [1.165, 1.54) is 24.4 Å². The number of hydrogen-bond acceptors (Lipinski definition) is 4. The normalized spacial score (nSPS) is 13.1. The van der Waals surface area contributed by atoms with Crippen LogP contribution < -0.4 is 5.32 Å². The first kappa shape index (κ1) is 15.6. The number of rotatable bonds is 10. The van der Waals surface area contributed by atoms with Gasteiger partial charge in [0.05, 0.1) is 5.01 Å². The van der Waals surface area contributed by atoms with Crippen LogP contribution in [0.3, 0.4) is 0 Å². The Kier molecular flexibility index (Phi) is 8.22. The van der Waals surface area contributed by atoms with Gasteiger partial charge in [0.1, 0.15) is 0 Å². The van der Waals surface area contributed by atoms with Crippen LogP contribution in [0.4, 0.5) is 0 Å². The molecule has 0 aromatic carbocycles. The van der Waals surface area contributed by atoms with Gasteiger partial charge in [0, 0.05) is 24.0 Å². The Morgan fingerprint density at radius 1 is 1.33 bits per heavy atom. The Morgan fingerprint density at radius 3 is 2.67 bits per heavy atom. The van der Waals surface area contributed by atoms with Crippen LogP contribution in [0, 0.1) is 0 Å². The van der Waals surface area contributed by atoms with Crippen molar-refractivity contribution in [1.82, 2.24) is 15.2 Å². The van der Waals surface area contributed by atoms with E-state index in [9.17, 15) is 0 Å². The van der Waals surface area contributed by atoms with Crippen molar-refractivity contribution in [2.45, 2.75) is 46.1 Å². The second-order valence-electron chi connectivity index (χ2n) is 4.60. The minimum atomic E-state index is 0.566. The lowest BCUT2D eigenvalue weighted by molar-refractivity contribution is 0.280. The topological polar surface area (TPSA) is 28.2 Å². The molecule has 0 amide bonds. The lowest BCUT2D eigenvalue weighted by Gasteiger charge is -2.23. The molecule has 104 valence electrons. The predicted molar refractivity (Wildman–Crippen MR) is 80.3 cm³/mol. The number of hydrogen-bond donors (Lipinski definition) is 1. The van der Waals surface area contributed by atoms with Gasteiger partial charge >= 0.3 is 0 Å². The highest BCUT2D eigenvalue weighted by Crippen LogP contribution is 2.10. The molecule has 1 atom stereocenters. The van der Waals surface area contributed by atoms with E-state index < -0.39 is 0 Å². The van der Waals surface area contributed by atoms with Gasteiger partial charge in [-0.15, -0.1) is 11.3 Å². The van der Waals surface area contributed by atoms with Crippen molar-refractivity contribution in [2.75, 3.05) is 26.2 Å². The number of nitrogens with one attached hydrogen (secondary N) is 1. The van der Waals surface area contributed by atoms with Crippen LogP contribution in [0.1, 0.15) is 38.6 Å². The maximum absolute atomic E-state index is 4.40. The third-order valence-corrected chi connectivity index (χ3v) is 4.08. The molecule has 1 heterocycles. The third kappa shape index (κ3) is 5.94. The summed E-state index contributed by atoms with van der Waals surface area (Å²) in [5.74, 6) is 0. The molecule has 1 unspecified atom stereocenters. The second kappa shape index (κ2) is 9.48. The first-order valence-electron chi connectivity index (χ1n) is 7.14. The van der Waals surface area contributed by atoms with Crippen LogP contribution in [0.15, 0.2) is 11.6 Å². The Bertz CT molecular complexity index is 283. The van der Waals surface area contributed by atoms with E-state index in [4.69, 9.17) is 0 Å². The minimum Gasteiger partial charge on any atom is -0.314 e. The zero-order chi connectivity index (χ0) is 13.2. The zero-order valence-electron chi connectivity index (χ0n) is 12.0. The highest BCUT2D eigenvalue weighted by molar-refractivity contribution is 7.09. The van der Waals surface area contributed by atoms with Crippen molar-refractivity contribution >= 4 is 11.3 Å². The average Bonchev–Trinajstić information content (AvgIpc) is 2.89. The number of thiazole rings is 1. The molecule has 0 saturated carbocycles. The minimum absolute atomic E-state index is 0.566. The molecule has 0 aliphatic carbocycles. The maximum Gasteiger partial charge on any atom is 0.0940 e. The lowest BCUT2D eigenvalue weighted by Crippen LogP contribution is -2.36. The summed E-state index contributed by atoms with van der Waals surface area (Å²) in [6, 6.07) is 0.566. The summed E-state index contributed by atoms with van der Waals surface area (Å²) >= 11 is 1.77. The molecule has 1 aromatic heterocycles. The van der Waals surface area contributed by atoms with Crippen molar-refractivity contribution in [3.8, 4) is 0 Å². The summed E-state index contributed by atoms with van der Waals surface area (Å²) in [5, 5.41) is 6.97. The molecule has 1 N–H and O–H groups in total. The van der Waals surface area contributed by atoms with E-state index in [1.807, 2.05) is 6.20 Å². The zero-order valence-corrected chi connectivity index (χ0v) is 12.8. The van der Waals surface area contributed by atoms with Crippen LogP contribution in [0.5, 0.6) is 0 Å². The molecule has 0 aliphatic rings. The molecule has 0 bridgehead atoms. The maximum atomic E-state index is 4.40. The van der Waals surface area contributed by atoms with Crippen LogP contribution >= 0.6 is 11.3 Å². The molecule has 18 heavy (non-hydrogen) atoms. The fourth-order valence-corrected chi connectivity index (χ4v) is 2.77. The molecular weight excluding hydrogens is 242 g/mol. The van der Waals surface area contributed by atoms with Gasteiger partial charge in [0.2, 0.25) is 0 Å². The van der Waals surface area contributed by atoms with Crippen molar-refractivity contribution in [3.63, 3.8) is 0 Å². The standard InChI is InChI=1S/C14H27N3S/c1-4-8-15-13(7-10-17(5-2)6-3)12-14-16-9-11-18-14/h9,11,13,15H,4-8,10,12H2,1-3H3. The Morgan fingerprint density at radius 2 is 2.11 bits per heavy atom. The van der Waals surface area contributed by atoms with Gasteiger partial charge < -0.3 is 10.2 Å². The Balaban J connectivity index is 2.39. The van der Waals surface area contributed by atoms with Gasteiger partial charge in [-0.3, -0.25) is 0 Å². The molecule has 1 aromatic rings. The first-order valence-corrected chi connectivity index (χ1v) is 8.02. The first-order chi connectivity index (χ1) is 8.80. The molecular formula is C14H27N3S. The summed E-state index contributed by atoms with van der Waals surface area (Å²) in [5.41, 5.74) is 0. The second-order valence-corrected chi connectivity index (χ2v) is 5.58. The van der Waals surface area contributed by atoms with Gasteiger partial charge in [0.15, 0.2) is 0 Å². The van der Waals surface area contributed by atoms with Crippen molar-refractivity contribution in [2.24, 2.45) is 0 Å². The van der Waals surface area contributed by atoms with Gasteiger partial charge in [0.25, 0.3) is 0 Å². The van der Waals surface area contributed by atoms with Gasteiger partial charge in [-0.1, -0.05) is 20.8 Å². The molecule has 0 radical (unpaired) electrons. The van der Waals surface area contributed by atoms with E-state index >= 15 is 0 Å². The van der Waals surface area contributed by atoms with Crippen molar-refractivity contribution in [3.05, 3.63) is 16.6 Å². The van der Waals surface area contributed by atoms with Crippen LogP contribution in [0.2, 0.25) is 0 Å². The summed E-state index contributed by atoms with van der Waals surface area (Å²) in [7, 11) is 0. The smallest absolute Gasteiger partial charge is 0.0940 e. The molecule has 0 spiro atoms. The number of nitrogens with zero attached hydrogens (tertiary/aromatic N) is 2. The molecule has 3 nitrogen and oxygen atoms in total. The highest BCUT2D eigenvalue weighted by Gasteiger charge is 2.11. The largest absolute Gasteiger partial charge is 0.314 e. The molecule has 0 fully saturated rings. The van der Waals surface area contributed by atoms with Gasteiger partial charge in [-0.25, -0.2) is 4.98 Å². The molecule has 4 heteroatoms. The van der Waals surface area contributed by atoms with E-state index in [1.54, 1.807) is 11.3 Å². The van der Waals surface area contributed by atoms with Crippen molar-refractivity contribution < 1.29 is 0 Å². The quantitative estimate of drug-likeness (QED) is 0.708. The Labute approximate surface area is 116 Å². The summed E-state index contributed by atoms with van der Waals surface area (Å²) in [6.07, 6.45) is 5.38. The van der Waals surface area contributed by atoms with E-state index in [0.29, 0.717) is 6.04 Å². The lowest BCUT2D eigenvalue weighted by atomic mass is 10.1. The summed E-state index contributed by atoms with van der Waals surface area (Å²) in [4.78, 5) is 6.89. The molecule has 0 aliphatic heterocycles. The predicted octanol–water partition coefficient (Wildman–Crippen LogP) is 2.79. The fourth-order valence-electron chi connectivity index (χ4n) is 2.07. The van der Waals surface area contributed by atoms with Crippen LogP contribution in [0.25, 0.3) is 0 Å². The molecule has 1 rings (SSSR count). The Hall–Kier alpha value is -0.450. The molecule has 0 saturated heterocycles. The summed E-state index contributed by atoms with van der Waals surface area (Å²) < 4.78 is 0. The van der Waals surface area contributed by atoms with Gasteiger partial charge in [-0.05, 0) is 39.0 Å². The number of aromatic nitrogens is 1. The van der Waals surface area contributed by atoms with Crippen LogP contribution in [-0.4, -0.2) is 42.1 Å².